The van der Waals surface area contributed by atoms with Crippen LogP contribution in [0.4, 0.5) is 0 Å². The molecule has 2 N–H and O–H groups in total. The molecule has 22 heavy (non-hydrogen) atoms. The van der Waals surface area contributed by atoms with Crippen LogP contribution < -0.4 is 10.6 Å². The molecule has 1 aliphatic rings. The molecule has 0 aliphatic carbocycles. The van der Waals surface area contributed by atoms with Gasteiger partial charge in [0, 0.05) is 24.6 Å². The highest BCUT2D eigenvalue weighted by Crippen LogP contribution is 2.28. The first-order chi connectivity index (χ1) is 10.2. The summed E-state index contributed by atoms with van der Waals surface area (Å²) in [6.07, 6.45) is 3.07. The standard InChI is InChI=1S/C17H26N2O2.ClH/c1-3-14-4-6-15(7-5-14)16(20)19-12-17(13-21-2)8-10-18-11-9-17;/h4-7,18H,3,8-13H2,1-2H3,(H,19,20);1H. The number of nitrogens with one attached hydrogen (secondary N) is 2. The fourth-order valence-corrected chi connectivity index (χ4v) is 2.90. The van der Waals surface area contributed by atoms with E-state index in [9.17, 15) is 4.79 Å². The minimum absolute atomic E-state index is 0. The Balaban J connectivity index is 0.00000242. The highest BCUT2D eigenvalue weighted by molar-refractivity contribution is 5.94. The van der Waals surface area contributed by atoms with Gasteiger partial charge >= 0.3 is 0 Å². The number of ether oxygens (including phenoxy) is 1. The first kappa shape index (κ1) is 18.9. The number of carbonyl (C=O) groups excluding carboxylic acids is 1. The van der Waals surface area contributed by atoms with Crippen molar-refractivity contribution in [2.45, 2.75) is 26.2 Å². The van der Waals surface area contributed by atoms with Gasteiger partial charge in [-0.25, -0.2) is 0 Å². The van der Waals surface area contributed by atoms with Crippen LogP contribution in [0.5, 0.6) is 0 Å². The van der Waals surface area contributed by atoms with Crippen LogP contribution in [0.25, 0.3) is 0 Å². The van der Waals surface area contributed by atoms with Crippen LogP contribution >= 0.6 is 12.4 Å². The normalized spacial score (nSPS) is 16.6. The van der Waals surface area contributed by atoms with Gasteiger partial charge in [-0.2, -0.15) is 0 Å². The van der Waals surface area contributed by atoms with Crippen molar-refractivity contribution in [3.8, 4) is 0 Å². The summed E-state index contributed by atoms with van der Waals surface area (Å²) >= 11 is 0. The summed E-state index contributed by atoms with van der Waals surface area (Å²) in [7, 11) is 1.73. The third-order valence-corrected chi connectivity index (χ3v) is 4.36. The maximum atomic E-state index is 12.3. The molecular formula is C17H27ClN2O2. The van der Waals surface area contributed by atoms with Crippen LogP contribution in [-0.2, 0) is 11.2 Å². The number of methoxy groups -OCH3 is 1. The van der Waals surface area contributed by atoms with Crippen molar-refractivity contribution in [3.63, 3.8) is 0 Å². The molecule has 0 saturated carbocycles. The molecule has 1 amide bonds. The molecule has 0 radical (unpaired) electrons. The molecule has 1 aromatic carbocycles. The molecular weight excluding hydrogens is 300 g/mol. The highest BCUT2D eigenvalue weighted by atomic mass is 35.5. The van der Waals surface area contributed by atoms with Crippen LogP contribution in [0.3, 0.4) is 0 Å². The van der Waals surface area contributed by atoms with Gasteiger partial charge in [-0.05, 0) is 50.0 Å². The zero-order valence-corrected chi connectivity index (χ0v) is 14.3. The summed E-state index contributed by atoms with van der Waals surface area (Å²) in [6.45, 7) is 5.47. The van der Waals surface area contributed by atoms with E-state index in [2.05, 4.69) is 17.6 Å². The van der Waals surface area contributed by atoms with Crippen molar-refractivity contribution < 1.29 is 9.53 Å². The SMILES string of the molecule is CCc1ccc(C(=O)NCC2(COC)CCNCC2)cc1.Cl. The summed E-state index contributed by atoms with van der Waals surface area (Å²) in [5.74, 6) is 0.00617. The Hall–Kier alpha value is -1.10. The number of rotatable bonds is 6. The lowest BCUT2D eigenvalue weighted by Crippen LogP contribution is -2.47. The summed E-state index contributed by atoms with van der Waals surface area (Å²) in [5, 5.41) is 6.45. The number of hydrogen-bond donors (Lipinski definition) is 2. The van der Waals surface area contributed by atoms with Gasteiger partial charge in [-0.3, -0.25) is 4.79 Å². The Morgan fingerprint density at radius 1 is 1.27 bits per heavy atom. The fraction of sp³-hybridized carbons (Fsp3) is 0.588. The minimum Gasteiger partial charge on any atom is -0.384 e. The molecule has 0 bridgehead atoms. The summed E-state index contributed by atoms with van der Waals surface area (Å²) in [5.41, 5.74) is 2.05. The summed E-state index contributed by atoms with van der Waals surface area (Å²) in [6, 6.07) is 7.84. The average molecular weight is 327 g/mol. The average Bonchev–Trinajstić information content (AvgIpc) is 2.54. The Kier molecular flexibility index (Phi) is 7.87. The van der Waals surface area contributed by atoms with E-state index in [0.717, 1.165) is 37.9 Å². The van der Waals surface area contributed by atoms with Crippen molar-refractivity contribution in [1.82, 2.24) is 10.6 Å². The molecule has 124 valence electrons. The monoisotopic (exact) mass is 326 g/mol. The van der Waals surface area contributed by atoms with Crippen LogP contribution in [-0.4, -0.2) is 39.3 Å². The van der Waals surface area contributed by atoms with E-state index >= 15 is 0 Å². The zero-order valence-electron chi connectivity index (χ0n) is 13.5. The number of aryl methyl sites for hydroxylation is 1. The van der Waals surface area contributed by atoms with E-state index in [1.807, 2.05) is 24.3 Å². The largest absolute Gasteiger partial charge is 0.384 e. The van der Waals surface area contributed by atoms with Crippen molar-refractivity contribution in [3.05, 3.63) is 35.4 Å². The first-order valence-electron chi connectivity index (χ1n) is 7.76. The number of benzene rings is 1. The molecule has 0 spiro atoms. The highest BCUT2D eigenvalue weighted by Gasteiger charge is 2.32. The molecule has 1 aromatic rings. The third kappa shape index (κ3) is 4.97. The minimum atomic E-state index is 0. The second-order valence-corrected chi connectivity index (χ2v) is 5.92. The van der Waals surface area contributed by atoms with Gasteiger partial charge in [0.25, 0.3) is 5.91 Å². The van der Waals surface area contributed by atoms with Crippen molar-refractivity contribution >= 4 is 18.3 Å². The number of hydrogen-bond acceptors (Lipinski definition) is 3. The lowest BCUT2D eigenvalue weighted by atomic mass is 9.79. The first-order valence-corrected chi connectivity index (χ1v) is 7.76. The Bertz CT molecular complexity index is 451. The molecule has 1 heterocycles. The van der Waals surface area contributed by atoms with Crippen molar-refractivity contribution in [2.75, 3.05) is 33.4 Å². The van der Waals surface area contributed by atoms with Gasteiger partial charge in [0.15, 0.2) is 0 Å². The fourth-order valence-electron chi connectivity index (χ4n) is 2.90. The Labute approximate surface area is 139 Å². The van der Waals surface area contributed by atoms with E-state index in [-0.39, 0.29) is 23.7 Å². The summed E-state index contributed by atoms with van der Waals surface area (Å²) < 4.78 is 5.37. The Morgan fingerprint density at radius 2 is 1.91 bits per heavy atom. The Morgan fingerprint density at radius 3 is 2.45 bits per heavy atom. The number of amides is 1. The molecule has 0 unspecified atom stereocenters. The van der Waals surface area contributed by atoms with E-state index in [1.165, 1.54) is 5.56 Å². The third-order valence-electron chi connectivity index (χ3n) is 4.36. The van der Waals surface area contributed by atoms with Gasteiger partial charge in [0.1, 0.15) is 0 Å². The predicted molar refractivity (Wildman–Crippen MR) is 91.8 cm³/mol. The van der Waals surface area contributed by atoms with Crippen LogP contribution in [0.2, 0.25) is 0 Å². The maximum absolute atomic E-state index is 12.3. The van der Waals surface area contributed by atoms with E-state index in [1.54, 1.807) is 7.11 Å². The number of halogens is 1. The lowest BCUT2D eigenvalue weighted by Gasteiger charge is -2.37. The topological polar surface area (TPSA) is 50.4 Å². The molecule has 0 aromatic heterocycles. The van der Waals surface area contributed by atoms with Crippen LogP contribution in [0.1, 0.15) is 35.7 Å². The molecule has 1 saturated heterocycles. The zero-order chi connectivity index (χ0) is 15.1. The molecule has 0 atom stereocenters. The second-order valence-electron chi connectivity index (χ2n) is 5.92. The van der Waals surface area contributed by atoms with Gasteiger partial charge in [-0.1, -0.05) is 19.1 Å². The van der Waals surface area contributed by atoms with Gasteiger partial charge in [0.05, 0.1) is 6.61 Å². The molecule has 1 aliphatic heterocycles. The van der Waals surface area contributed by atoms with Crippen molar-refractivity contribution in [2.24, 2.45) is 5.41 Å². The lowest BCUT2D eigenvalue weighted by molar-refractivity contribution is 0.0512. The number of carbonyl (C=O) groups is 1. The second kappa shape index (κ2) is 9.13. The quantitative estimate of drug-likeness (QED) is 0.844. The van der Waals surface area contributed by atoms with E-state index < -0.39 is 0 Å². The molecule has 2 rings (SSSR count). The van der Waals surface area contributed by atoms with E-state index in [4.69, 9.17) is 4.74 Å². The molecule has 5 heteroatoms. The predicted octanol–water partition coefficient (Wildman–Crippen LogP) is 2.42. The van der Waals surface area contributed by atoms with Gasteiger partial charge in [0.2, 0.25) is 0 Å². The summed E-state index contributed by atoms with van der Waals surface area (Å²) in [4.78, 5) is 12.3. The van der Waals surface area contributed by atoms with Crippen LogP contribution in [0, 0.1) is 5.41 Å². The smallest absolute Gasteiger partial charge is 0.251 e. The maximum Gasteiger partial charge on any atom is 0.251 e. The number of piperidine rings is 1. The van der Waals surface area contributed by atoms with Gasteiger partial charge < -0.3 is 15.4 Å². The van der Waals surface area contributed by atoms with Crippen molar-refractivity contribution in [1.29, 1.82) is 0 Å². The van der Waals surface area contributed by atoms with E-state index in [0.29, 0.717) is 13.2 Å². The van der Waals surface area contributed by atoms with Crippen LogP contribution in [0.15, 0.2) is 24.3 Å². The molecule has 1 fully saturated rings. The van der Waals surface area contributed by atoms with Gasteiger partial charge in [-0.15, -0.1) is 12.4 Å². The molecule has 4 nitrogen and oxygen atoms in total.